The van der Waals surface area contributed by atoms with E-state index in [9.17, 15) is 8.42 Å². The molecule has 1 aromatic rings. The lowest BCUT2D eigenvalue weighted by Crippen LogP contribution is -2.27. The Bertz CT molecular complexity index is 575. The highest BCUT2D eigenvalue weighted by molar-refractivity contribution is 9.10. The van der Waals surface area contributed by atoms with Gasteiger partial charge in [-0.3, -0.25) is 0 Å². The van der Waals surface area contributed by atoms with Crippen LogP contribution >= 0.6 is 15.9 Å². The van der Waals surface area contributed by atoms with Crippen LogP contribution in [0.2, 0.25) is 0 Å². The van der Waals surface area contributed by atoms with E-state index in [0.717, 1.165) is 24.9 Å². The zero-order valence-corrected chi connectivity index (χ0v) is 14.2. The van der Waals surface area contributed by atoms with E-state index in [0.29, 0.717) is 21.8 Å². The maximum absolute atomic E-state index is 12.4. The summed E-state index contributed by atoms with van der Waals surface area (Å²) in [4.78, 5) is 0.326. The van der Waals surface area contributed by atoms with E-state index in [-0.39, 0.29) is 6.04 Å². The highest BCUT2D eigenvalue weighted by Crippen LogP contribution is 2.32. The molecule has 0 amide bonds. The molecule has 20 heavy (non-hydrogen) atoms. The van der Waals surface area contributed by atoms with Crippen molar-refractivity contribution < 1.29 is 8.42 Å². The smallest absolute Gasteiger partial charge is 0.241 e. The molecule has 0 aliphatic heterocycles. The molecule has 2 rings (SSSR count). The van der Waals surface area contributed by atoms with Gasteiger partial charge in [0.05, 0.1) is 4.90 Å². The maximum Gasteiger partial charge on any atom is 0.241 e. The van der Waals surface area contributed by atoms with Gasteiger partial charge < -0.3 is 5.32 Å². The summed E-state index contributed by atoms with van der Waals surface area (Å²) in [7, 11) is -3.44. The summed E-state index contributed by atoms with van der Waals surface area (Å²) < 4.78 is 28.1. The van der Waals surface area contributed by atoms with Crippen molar-refractivity contribution in [3.05, 3.63) is 28.2 Å². The first-order valence-electron chi connectivity index (χ1n) is 6.95. The molecule has 0 radical (unpaired) electrons. The van der Waals surface area contributed by atoms with Crippen molar-refractivity contribution in [1.29, 1.82) is 0 Å². The Hall–Kier alpha value is -0.430. The van der Waals surface area contributed by atoms with Gasteiger partial charge >= 0.3 is 0 Å². The van der Waals surface area contributed by atoms with Gasteiger partial charge in [-0.25, -0.2) is 13.1 Å². The fraction of sp³-hybridized carbons (Fsp3) is 0.571. The van der Waals surface area contributed by atoms with Crippen LogP contribution in [0.5, 0.6) is 0 Å². The van der Waals surface area contributed by atoms with E-state index in [1.54, 1.807) is 12.1 Å². The first-order chi connectivity index (χ1) is 9.44. The Morgan fingerprint density at radius 2 is 2.10 bits per heavy atom. The van der Waals surface area contributed by atoms with Crippen molar-refractivity contribution in [1.82, 2.24) is 10.0 Å². The first kappa shape index (κ1) is 15.9. The second-order valence-corrected chi connectivity index (χ2v) is 7.92. The normalized spacial score (nSPS) is 21.9. The zero-order chi connectivity index (χ0) is 14.8. The SMILES string of the molecule is CCCNCc1ccc(Br)c(S(=O)(=O)NC2CC2C)c1. The zero-order valence-electron chi connectivity index (χ0n) is 11.8. The molecule has 112 valence electrons. The molecule has 0 saturated heterocycles. The van der Waals surface area contributed by atoms with E-state index < -0.39 is 10.0 Å². The standard InChI is InChI=1S/C14H21BrN2O2S/c1-3-6-16-9-11-4-5-12(15)14(8-11)20(18,19)17-13-7-10(13)2/h4-5,8,10,13,16-17H,3,6-7,9H2,1-2H3. The Labute approximate surface area is 129 Å². The molecule has 0 heterocycles. The molecule has 2 unspecified atom stereocenters. The minimum atomic E-state index is -3.44. The minimum Gasteiger partial charge on any atom is -0.313 e. The number of sulfonamides is 1. The van der Waals surface area contributed by atoms with Crippen LogP contribution in [0.1, 0.15) is 32.3 Å². The van der Waals surface area contributed by atoms with Crippen molar-refractivity contribution in [2.24, 2.45) is 5.92 Å². The fourth-order valence-electron chi connectivity index (χ4n) is 2.02. The summed E-state index contributed by atoms with van der Waals surface area (Å²) >= 11 is 3.33. The third kappa shape index (κ3) is 4.04. The molecule has 0 aromatic heterocycles. The van der Waals surface area contributed by atoms with E-state index in [2.05, 4.69) is 32.9 Å². The Kier molecular flexibility index (Phi) is 5.23. The highest BCUT2D eigenvalue weighted by Gasteiger charge is 2.36. The highest BCUT2D eigenvalue weighted by atomic mass is 79.9. The summed E-state index contributed by atoms with van der Waals surface area (Å²) in [6.45, 7) is 5.76. The monoisotopic (exact) mass is 360 g/mol. The van der Waals surface area contributed by atoms with Gasteiger partial charge in [-0.2, -0.15) is 0 Å². The van der Waals surface area contributed by atoms with Crippen LogP contribution in [0.25, 0.3) is 0 Å². The predicted octanol–water partition coefficient (Wildman–Crippen LogP) is 2.64. The Balaban J connectivity index is 2.14. The third-order valence-corrected chi connectivity index (χ3v) is 5.94. The molecule has 2 atom stereocenters. The van der Waals surface area contributed by atoms with Crippen LogP contribution in [0.3, 0.4) is 0 Å². The molecular formula is C14H21BrN2O2S. The number of nitrogens with one attached hydrogen (secondary N) is 2. The summed E-state index contributed by atoms with van der Waals surface area (Å²) in [6, 6.07) is 5.57. The number of benzene rings is 1. The second kappa shape index (κ2) is 6.56. The van der Waals surface area contributed by atoms with Gasteiger partial charge in [0, 0.05) is 17.1 Å². The number of rotatable bonds is 7. The lowest BCUT2D eigenvalue weighted by atomic mass is 10.2. The number of hydrogen-bond acceptors (Lipinski definition) is 3. The third-order valence-electron chi connectivity index (χ3n) is 3.46. The summed E-state index contributed by atoms with van der Waals surface area (Å²) in [6.07, 6.45) is 1.98. The van der Waals surface area contributed by atoms with Crippen molar-refractivity contribution in [3.63, 3.8) is 0 Å². The summed E-state index contributed by atoms with van der Waals surface area (Å²) in [5.74, 6) is 0.443. The topological polar surface area (TPSA) is 58.2 Å². The molecular weight excluding hydrogens is 340 g/mol. The van der Waals surface area contributed by atoms with Gasteiger partial charge in [-0.05, 0) is 58.9 Å². The predicted molar refractivity (Wildman–Crippen MR) is 84.0 cm³/mol. The lowest BCUT2D eigenvalue weighted by Gasteiger charge is -2.10. The van der Waals surface area contributed by atoms with Crippen LogP contribution in [0.4, 0.5) is 0 Å². The van der Waals surface area contributed by atoms with Crippen LogP contribution < -0.4 is 10.0 Å². The van der Waals surface area contributed by atoms with E-state index in [1.165, 1.54) is 0 Å². The van der Waals surface area contributed by atoms with Crippen LogP contribution in [-0.4, -0.2) is 21.0 Å². The number of halogens is 1. The summed E-state index contributed by atoms with van der Waals surface area (Å²) in [5.41, 5.74) is 0.978. The largest absolute Gasteiger partial charge is 0.313 e. The maximum atomic E-state index is 12.4. The molecule has 1 aliphatic carbocycles. The molecule has 6 heteroatoms. The molecule has 1 aliphatic rings. The fourth-order valence-corrected chi connectivity index (χ4v) is 4.39. The van der Waals surface area contributed by atoms with Gasteiger partial charge in [0.25, 0.3) is 0 Å². The van der Waals surface area contributed by atoms with Gasteiger partial charge in [0.2, 0.25) is 10.0 Å². The van der Waals surface area contributed by atoms with Crippen LogP contribution in [-0.2, 0) is 16.6 Å². The second-order valence-electron chi connectivity index (χ2n) is 5.38. The Morgan fingerprint density at radius 1 is 1.40 bits per heavy atom. The van der Waals surface area contributed by atoms with Crippen molar-refractivity contribution in [2.45, 2.75) is 44.2 Å². The minimum absolute atomic E-state index is 0.0915. The quantitative estimate of drug-likeness (QED) is 0.734. The average molecular weight is 361 g/mol. The van der Waals surface area contributed by atoms with Gasteiger partial charge in [0.15, 0.2) is 0 Å². The Morgan fingerprint density at radius 3 is 2.70 bits per heavy atom. The average Bonchev–Trinajstić information content (AvgIpc) is 3.06. The van der Waals surface area contributed by atoms with Gasteiger partial charge in [0.1, 0.15) is 0 Å². The van der Waals surface area contributed by atoms with Crippen LogP contribution in [0.15, 0.2) is 27.6 Å². The van der Waals surface area contributed by atoms with Gasteiger partial charge in [-0.15, -0.1) is 0 Å². The molecule has 0 spiro atoms. The van der Waals surface area contributed by atoms with Crippen molar-refractivity contribution >= 4 is 26.0 Å². The van der Waals surface area contributed by atoms with Crippen molar-refractivity contribution in [2.75, 3.05) is 6.54 Å². The molecule has 1 fully saturated rings. The molecule has 4 nitrogen and oxygen atoms in total. The first-order valence-corrected chi connectivity index (χ1v) is 9.23. The van der Waals surface area contributed by atoms with E-state index >= 15 is 0 Å². The lowest BCUT2D eigenvalue weighted by molar-refractivity contribution is 0.577. The molecule has 1 aromatic carbocycles. The summed E-state index contributed by atoms with van der Waals surface area (Å²) in [5, 5.41) is 3.28. The molecule has 2 N–H and O–H groups in total. The molecule has 1 saturated carbocycles. The van der Waals surface area contributed by atoms with E-state index in [4.69, 9.17) is 0 Å². The van der Waals surface area contributed by atoms with E-state index in [1.807, 2.05) is 13.0 Å². The van der Waals surface area contributed by atoms with Crippen LogP contribution in [0, 0.1) is 5.92 Å². The van der Waals surface area contributed by atoms with Crippen molar-refractivity contribution in [3.8, 4) is 0 Å². The van der Waals surface area contributed by atoms with Gasteiger partial charge in [-0.1, -0.05) is 19.9 Å². The molecule has 0 bridgehead atoms. The number of hydrogen-bond donors (Lipinski definition) is 2.